The van der Waals surface area contributed by atoms with Crippen molar-refractivity contribution in [2.24, 2.45) is 5.73 Å². The van der Waals surface area contributed by atoms with E-state index in [1.807, 2.05) is 16.7 Å². The normalized spacial score (nSPS) is 23.8. The van der Waals surface area contributed by atoms with Gasteiger partial charge in [0.2, 0.25) is 0 Å². The summed E-state index contributed by atoms with van der Waals surface area (Å²) in [6.45, 7) is 3.73. The van der Waals surface area contributed by atoms with Gasteiger partial charge >= 0.3 is 0 Å². The Kier molecular flexibility index (Phi) is 5.86. The van der Waals surface area contributed by atoms with E-state index in [2.05, 4.69) is 11.2 Å². The van der Waals surface area contributed by atoms with Gasteiger partial charge in [0.1, 0.15) is 5.75 Å². The molecule has 2 atom stereocenters. The Bertz CT molecular complexity index is 616. The van der Waals surface area contributed by atoms with Crippen LogP contribution in [-0.4, -0.2) is 71.9 Å². The third-order valence-corrected chi connectivity index (χ3v) is 5.99. The number of rotatable bonds is 6. The van der Waals surface area contributed by atoms with Crippen molar-refractivity contribution in [2.45, 2.75) is 24.1 Å². The molecule has 0 unspecified atom stereocenters. The highest BCUT2D eigenvalue weighted by atomic mass is 32.2. The summed E-state index contributed by atoms with van der Waals surface area (Å²) in [4.78, 5) is 28.1. The fourth-order valence-corrected chi connectivity index (χ4v) is 4.51. The monoisotopic (exact) mass is 363 g/mol. The Hall–Kier alpha value is -1.73. The third kappa shape index (κ3) is 4.27. The number of amides is 2. The van der Waals surface area contributed by atoms with Crippen LogP contribution < -0.4 is 10.5 Å². The summed E-state index contributed by atoms with van der Waals surface area (Å²) in [6, 6.07) is 7.36. The molecule has 0 saturated carbocycles. The van der Waals surface area contributed by atoms with Crippen molar-refractivity contribution >= 4 is 23.6 Å². The van der Waals surface area contributed by atoms with Gasteiger partial charge < -0.3 is 15.4 Å². The van der Waals surface area contributed by atoms with E-state index >= 15 is 0 Å². The van der Waals surface area contributed by atoms with E-state index in [0.29, 0.717) is 22.6 Å². The van der Waals surface area contributed by atoms with Crippen LogP contribution in [0.1, 0.15) is 23.2 Å². The molecule has 1 aromatic rings. The molecule has 0 spiro atoms. The first-order valence-electron chi connectivity index (χ1n) is 8.66. The fourth-order valence-electron chi connectivity index (χ4n) is 3.61. The lowest BCUT2D eigenvalue weighted by molar-refractivity contribution is -0.119. The molecule has 1 aromatic carbocycles. The number of likely N-dealkylation sites (tertiary alicyclic amines) is 2. The molecule has 2 aliphatic heterocycles. The maximum absolute atomic E-state index is 12.8. The Labute approximate surface area is 152 Å². The van der Waals surface area contributed by atoms with Gasteiger partial charge in [0.15, 0.2) is 6.61 Å². The lowest BCUT2D eigenvalue weighted by atomic mass is 10.2. The van der Waals surface area contributed by atoms with Crippen LogP contribution in [0, 0.1) is 0 Å². The second-order valence-electron chi connectivity index (χ2n) is 6.57. The van der Waals surface area contributed by atoms with Gasteiger partial charge in [-0.05, 0) is 56.5 Å². The maximum atomic E-state index is 12.8. The molecule has 2 heterocycles. The Morgan fingerprint density at radius 1 is 1.20 bits per heavy atom. The minimum atomic E-state index is -0.520. The zero-order chi connectivity index (χ0) is 17.8. The Morgan fingerprint density at radius 2 is 1.88 bits per heavy atom. The molecule has 0 aromatic heterocycles. The first-order chi connectivity index (χ1) is 12.1. The predicted molar refractivity (Wildman–Crippen MR) is 98.9 cm³/mol. The number of thioether (sulfide) groups is 1. The van der Waals surface area contributed by atoms with Crippen molar-refractivity contribution < 1.29 is 14.3 Å². The zero-order valence-electron chi connectivity index (χ0n) is 14.5. The number of carbonyl (C=O) groups is 2. The molecule has 6 nitrogen and oxygen atoms in total. The van der Waals surface area contributed by atoms with Crippen LogP contribution in [0.3, 0.4) is 0 Å². The molecule has 2 fully saturated rings. The number of hydrogen-bond acceptors (Lipinski definition) is 5. The highest BCUT2D eigenvalue weighted by Crippen LogP contribution is 2.29. The number of benzene rings is 1. The molecular weight excluding hydrogens is 338 g/mol. The van der Waals surface area contributed by atoms with E-state index in [4.69, 9.17) is 10.5 Å². The van der Waals surface area contributed by atoms with Gasteiger partial charge in [0.05, 0.1) is 0 Å². The van der Waals surface area contributed by atoms with Crippen LogP contribution in [0.5, 0.6) is 5.75 Å². The fraction of sp³-hybridized carbons (Fsp3) is 0.556. The number of primary amides is 1. The summed E-state index contributed by atoms with van der Waals surface area (Å²) in [6.07, 6.45) is 4.66. The van der Waals surface area contributed by atoms with Gasteiger partial charge in [0, 0.05) is 29.9 Å². The van der Waals surface area contributed by atoms with Crippen molar-refractivity contribution in [3.05, 3.63) is 29.8 Å². The van der Waals surface area contributed by atoms with E-state index in [-0.39, 0.29) is 12.5 Å². The number of ether oxygens (including phenoxy) is 1. The van der Waals surface area contributed by atoms with Crippen LogP contribution in [0.25, 0.3) is 0 Å². The molecule has 0 aliphatic carbocycles. The van der Waals surface area contributed by atoms with Crippen LogP contribution >= 0.6 is 11.8 Å². The highest BCUT2D eigenvalue weighted by molar-refractivity contribution is 7.99. The molecule has 2 N–H and O–H groups in total. The lowest BCUT2D eigenvalue weighted by Gasteiger charge is -2.27. The SMILES string of the molecule is CS[C@@H]1CN(C(=O)c2ccc(OCC(N)=O)cc2)C[C@H]1N1CCCC1. The smallest absolute Gasteiger partial charge is 0.255 e. The van der Waals surface area contributed by atoms with Gasteiger partial charge in [-0.15, -0.1) is 0 Å². The molecule has 3 rings (SSSR count). The summed E-state index contributed by atoms with van der Waals surface area (Å²) in [7, 11) is 0. The molecule has 2 aliphatic rings. The van der Waals surface area contributed by atoms with Crippen molar-refractivity contribution in [1.82, 2.24) is 9.80 Å². The quantitative estimate of drug-likeness (QED) is 0.822. The average Bonchev–Trinajstić information content (AvgIpc) is 3.28. The first kappa shape index (κ1) is 18.1. The Balaban J connectivity index is 1.63. The summed E-state index contributed by atoms with van der Waals surface area (Å²) in [5, 5.41) is 0.472. The van der Waals surface area contributed by atoms with Crippen LogP contribution in [0.2, 0.25) is 0 Å². The number of nitrogens with zero attached hydrogens (tertiary/aromatic N) is 2. The molecule has 2 saturated heterocycles. The van der Waals surface area contributed by atoms with Gasteiger partial charge in [-0.3, -0.25) is 14.5 Å². The van der Waals surface area contributed by atoms with E-state index in [1.165, 1.54) is 12.8 Å². The predicted octanol–water partition coefficient (Wildman–Crippen LogP) is 1.20. The van der Waals surface area contributed by atoms with Gasteiger partial charge in [-0.25, -0.2) is 0 Å². The molecule has 25 heavy (non-hydrogen) atoms. The van der Waals surface area contributed by atoms with E-state index in [9.17, 15) is 9.59 Å². The summed E-state index contributed by atoms with van der Waals surface area (Å²) in [5.74, 6) is 0.0733. The molecule has 2 amide bonds. The molecular formula is C18H25N3O3S. The average molecular weight is 363 g/mol. The van der Waals surface area contributed by atoms with E-state index in [0.717, 1.165) is 26.2 Å². The van der Waals surface area contributed by atoms with Crippen molar-refractivity contribution in [1.29, 1.82) is 0 Å². The summed E-state index contributed by atoms with van der Waals surface area (Å²) in [5.41, 5.74) is 5.71. The molecule has 7 heteroatoms. The first-order valence-corrected chi connectivity index (χ1v) is 9.94. The van der Waals surface area contributed by atoms with Crippen molar-refractivity contribution in [3.8, 4) is 5.75 Å². The summed E-state index contributed by atoms with van der Waals surface area (Å²) >= 11 is 1.86. The van der Waals surface area contributed by atoms with Crippen LogP contribution in [0.15, 0.2) is 24.3 Å². The zero-order valence-corrected chi connectivity index (χ0v) is 15.3. The highest BCUT2D eigenvalue weighted by Gasteiger charge is 2.39. The van der Waals surface area contributed by atoms with E-state index < -0.39 is 5.91 Å². The van der Waals surface area contributed by atoms with Crippen molar-refractivity contribution in [2.75, 3.05) is 39.0 Å². The Morgan fingerprint density at radius 3 is 2.48 bits per heavy atom. The number of carbonyl (C=O) groups excluding carboxylic acids is 2. The number of nitrogens with two attached hydrogens (primary N) is 1. The molecule has 0 radical (unpaired) electrons. The number of hydrogen-bond donors (Lipinski definition) is 1. The molecule has 0 bridgehead atoms. The third-order valence-electron chi connectivity index (χ3n) is 4.92. The molecule has 136 valence electrons. The maximum Gasteiger partial charge on any atom is 0.255 e. The van der Waals surface area contributed by atoms with Crippen molar-refractivity contribution in [3.63, 3.8) is 0 Å². The second-order valence-corrected chi connectivity index (χ2v) is 7.65. The summed E-state index contributed by atoms with van der Waals surface area (Å²) < 4.78 is 5.24. The van der Waals surface area contributed by atoms with Gasteiger partial charge in [0.25, 0.3) is 11.8 Å². The minimum Gasteiger partial charge on any atom is -0.484 e. The van der Waals surface area contributed by atoms with Crippen LogP contribution in [0.4, 0.5) is 0 Å². The van der Waals surface area contributed by atoms with Gasteiger partial charge in [-0.2, -0.15) is 11.8 Å². The topological polar surface area (TPSA) is 75.9 Å². The second kappa shape index (κ2) is 8.10. The largest absolute Gasteiger partial charge is 0.484 e. The minimum absolute atomic E-state index is 0.0576. The van der Waals surface area contributed by atoms with E-state index in [1.54, 1.807) is 24.3 Å². The van der Waals surface area contributed by atoms with Crippen LogP contribution in [-0.2, 0) is 4.79 Å². The van der Waals surface area contributed by atoms with Gasteiger partial charge in [-0.1, -0.05) is 0 Å². The standard InChI is InChI=1S/C18H25N3O3S/c1-25-16-11-21(10-15(16)20-8-2-3-9-20)18(23)13-4-6-14(7-5-13)24-12-17(19)22/h4-7,15-16H,2-3,8-12H2,1H3,(H2,19,22)/t15-,16-/m1/s1. The lowest BCUT2D eigenvalue weighted by Crippen LogP contribution is -2.40.